The molecule has 0 bridgehead atoms. The van der Waals surface area contributed by atoms with E-state index in [0.717, 1.165) is 10.0 Å². The number of nitrogens with one attached hydrogen (secondary N) is 1. The Hall–Kier alpha value is -3.17. The smallest absolute Gasteiger partial charge is 0.269 e. The molecule has 31 heavy (non-hydrogen) atoms. The number of halogens is 1. The number of hydrazone groups is 1. The zero-order valence-corrected chi connectivity index (χ0v) is 19.0. The Morgan fingerprint density at radius 1 is 1.10 bits per heavy atom. The highest BCUT2D eigenvalue weighted by Gasteiger charge is 2.39. The Labute approximate surface area is 192 Å². The first-order valence-electron chi connectivity index (χ1n) is 9.40. The second-order valence-electron chi connectivity index (χ2n) is 7.12. The lowest BCUT2D eigenvalue weighted by Crippen LogP contribution is -2.54. The number of carbonyl (C=O) groups excluding carboxylic acids is 3. The molecule has 2 aliphatic rings. The van der Waals surface area contributed by atoms with E-state index in [9.17, 15) is 14.4 Å². The maximum Gasteiger partial charge on any atom is 0.269 e. The Balaban J connectivity index is 1.69. The number of benzene rings is 2. The van der Waals surface area contributed by atoms with Crippen LogP contribution in [0.25, 0.3) is 0 Å². The lowest BCUT2D eigenvalue weighted by molar-refractivity contribution is -0.122. The van der Waals surface area contributed by atoms with Crippen molar-refractivity contribution in [2.75, 3.05) is 9.91 Å². The van der Waals surface area contributed by atoms with Gasteiger partial charge in [0, 0.05) is 4.47 Å². The zero-order valence-electron chi connectivity index (χ0n) is 16.6. The molecule has 9 heteroatoms. The first-order valence-corrected chi connectivity index (χ1v) is 10.6. The Morgan fingerprint density at radius 3 is 2.48 bits per heavy atom. The van der Waals surface area contributed by atoms with E-state index in [4.69, 9.17) is 12.2 Å². The van der Waals surface area contributed by atoms with Crippen molar-refractivity contribution in [1.29, 1.82) is 0 Å². The Kier molecular flexibility index (Phi) is 5.55. The summed E-state index contributed by atoms with van der Waals surface area (Å²) in [6.45, 7) is 3.53. The number of thiocarbonyl (C=S) groups is 1. The molecule has 2 aliphatic heterocycles. The highest BCUT2D eigenvalue weighted by molar-refractivity contribution is 9.10. The van der Waals surface area contributed by atoms with Crippen LogP contribution in [0.2, 0.25) is 0 Å². The van der Waals surface area contributed by atoms with Crippen molar-refractivity contribution < 1.29 is 14.4 Å². The summed E-state index contributed by atoms with van der Waals surface area (Å²) in [5.74, 6) is -2.39. The van der Waals surface area contributed by atoms with Gasteiger partial charge in [-0.15, -0.1) is 0 Å². The number of hydrogen-bond donors (Lipinski definition) is 1. The van der Waals surface area contributed by atoms with Crippen molar-refractivity contribution in [2.24, 2.45) is 11.0 Å². The first kappa shape index (κ1) is 21.1. The van der Waals surface area contributed by atoms with Gasteiger partial charge in [0.1, 0.15) is 5.57 Å². The van der Waals surface area contributed by atoms with E-state index >= 15 is 0 Å². The second-order valence-corrected chi connectivity index (χ2v) is 8.42. The van der Waals surface area contributed by atoms with Gasteiger partial charge >= 0.3 is 0 Å². The van der Waals surface area contributed by atoms with Crippen molar-refractivity contribution in [3.05, 3.63) is 70.2 Å². The van der Waals surface area contributed by atoms with Gasteiger partial charge in [-0.05, 0) is 68.0 Å². The van der Waals surface area contributed by atoms with Crippen LogP contribution >= 0.6 is 28.1 Å². The fourth-order valence-corrected chi connectivity index (χ4v) is 4.21. The van der Waals surface area contributed by atoms with E-state index < -0.39 is 17.7 Å². The van der Waals surface area contributed by atoms with E-state index in [1.807, 2.05) is 19.1 Å². The minimum absolute atomic E-state index is 0.00776. The minimum Gasteiger partial charge on any atom is -0.298 e. The van der Waals surface area contributed by atoms with Gasteiger partial charge in [0.05, 0.1) is 23.0 Å². The van der Waals surface area contributed by atoms with E-state index in [2.05, 4.69) is 26.3 Å². The molecule has 0 spiro atoms. The molecule has 1 atom stereocenters. The van der Waals surface area contributed by atoms with Gasteiger partial charge in [-0.2, -0.15) is 10.1 Å². The van der Waals surface area contributed by atoms with Crippen molar-refractivity contribution >= 4 is 68.1 Å². The molecular weight excluding hydrogens is 480 g/mol. The van der Waals surface area contributed by atoms with Crippen LogP contribution in [-0.2, 0) is 14.4 Å². The van der Waals surface area contributed by atoms with Crippen LogP contribution in [0, 0.1) is 12.8 Å². The molecule has 0 radical (unpaired) electrons. The molecule has 2 aromatic rings. The van der Waals surface area contributed by atoms with Gasteiger partial charge in [0.25, 0.3) is 17.7 Å². The van der Waals surface area contributed by atoms with Crippen LogP contribution in [0.5, 0.6) is 0 Å². The molecule has 2 aromatic carbocycles. The van der Waals surface area contributed by atoms with Crippen LogP contribution in [0.3, 0.4) is 0 Å². The number of nitrogens with zero attached hydrogens (tertiary/aromatic N) is 3. The summed E-state index contributed by atoms with van der Waals surface area (Å²) in [5.41, 5.74) is 2.30. The van der Waals surface area contributed by atoms with Gasteiger partial charge in [-0.1, -0.05) is 34.1 Å². The molecule has 0 aromatic heterocycles. The van der Waals surface area contributed by atoms with E-state index in [1.165, 1.54) is 16.0 Å². The van der Waals surface area contributed by atoms with Crippen molar-refractivity contribution in [3.8, 4) is 0 Å². The predicted molar refractivity (Wildman–Crippen MR) is 126 cm³/mol. The molecule has 1 saturated heterocycles. The molecular formula is C22H17BrN4O3S. The molecule has 1 fully saturated rings. The van der Waals surface area contributed by atoms with Gasteiger partial charge in [-0.25, -0.2) is 0 Å². The summed E-state index contributed by atoms with van der Waals surface area (Å²) >= 11 is 8.65. The summed E-state index contributed by atoms with van der Waals surface area (Å²) in [5, 5.41) is 8.14. The van der Waals surface area contributed by atoms with Gasteiger partial charge in [0.15, 0.2) is 5.11 Å². The third-order valence-electron chi connectivity index (χ3n) is 5.02. The van der Waals surface area contributed by atoms with Crippen LogP contribution in [0.1, 0.15) is 12.5 Å². The van der Waals surface area contributed by atoms with E-state index in [-0.39, 0.29) is 16.6 Å². The SMILES string of the molecule is CC1=NN(c2ccccc2)C(=O)[C@@H]1/C=C1\C(=O)NC(=S)N(c2ccc(Br)cc2C)C1=O. The average molecular weight is 497 g/mol. The number of aryl methyl sites for hydroxylation is 1. The predicted octanol–water partition coefficient (Wildman–Crippen LogP) is 3.47. The average Bonchev–Trinajstić information content (AvgIpc) is 3.01. The van der Waals surface area contributed by atoms with Crippen LogP contribution < -0.4 is 15.2 Å². The topological polar surface area (TPSA) is 82.1 Å². The molecule has 7 nitrogen and oxygen atoms in total. The summed E-state index contributed by atoms with van der Waals surface area (Å²) in [4.78, 5) is 40.1. The number of para-hydroxylation sites is 1. The van der Waals surface area contributed by atoms with E-state index in [1.54, 1.807) is 43.3 Å². The quantitative estimate of drug-likeness (QED) is 0.400. The standard InChI is InChI=1S/C22H17BrN4O3S/c1-12-10-14(23)8-9-18(12)26-20(29)17(19(28)24-22(26)31)11-16-13(2)25-27(21(16)30)15-6-4-3-5-7-15/h3-11,16H,1-2H3,(H,24,28,31)/b17-11+/t16-/m1/s1. The molecule has 156 valence electrons. The van der Waals surface area contributed by atoms with E-state index in [0.29, 0.717) is 17.1 Å². The highest BCUT2D eigenvalue weighted by Crippen LogP contribution is 2.29. The number of anilines is 2. The van der Waals surface area contributed by atoms with Crippen molar-refractivity contribution in [3.63, 3.8) is 0 Å². The third-order valence-corrected chi connectivity index (χ3v) is 5.80. The first-order chi connectivity index (χ1) is 14.8. The maximum atomic E-state index is 13.3. The van der Waals surface area contributed by atoms with Gasteiger partial charge in [0.2, 0.25) is 0 Å². The zero-order chi connectivity index (χ0) is 22.3. The molecule has 2 heterocycles. The Bertz CT molecular complexity index is 1190. The van der Waals surface area contributed by atoms with Crippen molar-refractivity contribution in [2.45, 2.75) is 13.8 Å². The second kappa shape index (κ2) is 8.16. The Morgan fingerprint density at radius 2 is 1.81 bits per heavy atom. The lowest BCUT2D eigenvalue weighted by atomic mass is 9.98. The summed E-state index contributed by atoms with van der Waals surface area (Å²) in [7, 11) is 0. The van der Waals surface area contributed by atoms with Crippen LogP contribution in [0.4, 0.5) is 11.4 Å². The molecule has 0 aliphatic carbocycles. The van der Waals surface area contributed by atoms with Gasteiger partial charge in [-0.3, -0.25) is 24.6 Å². The lowest BCUT2D eigenvalue weighted by Gasteiger charge is -2.30. The maximum absolute atomic E-state index is 13.3. The fourth-order valence-electron chi connectivity index (χ4n) is 3.46. The number of amides is 3. The molecule has 0 saturated carbocycles. The normalized spacial score (nSPS) is 20.4. The number of rotatable bonds is 3. The number of hydrogen-bond acceptors (Lipinski definition) is 5. The largest absolute Gasteiger partial charge is 0.298 e. The summed E-state index contributed by atoms with van der Waals surface area (Å²) in [6.07, 6.45) is 1.37. The summed E-state index contributed by atoms with van der Waals surface area (Å²) < 4.78 is 0.855. The molecule has 3 amide bonds. The molecule has 4 rings (SSSR count). The summed E-state index contributed by atoms with van der Waals surface area (Å²) in [6, 6.07) is 14.3. The van der Waals surface area contributed by atoms with Gasteiger partial charge < -0.3 is 0 Å². The minimum atomic E-state index is -0.829. The monoisotopic (exact) mass is 496 g/mol. The molecule has 0 unspecified atom stereocenters. The van der Waals surface area contributed by atoms with Crippen LogP contribution in [-0.4, -0.2) is 28.5 Å². The number of carbonyl (C=O) groups is 3. The van der Waals surface area contributed by atoms with Crippen LogP contribution in [0.15, 0.2) is 69.8 Å². The van der Waals surface area contributed by atoms with Crippen molar-refractivity contribution in [1.82, 2.24) is 5.32 Å². The molecule has 1 N–H and O–H groups in total. The third kappa shape index (κ3) is 3.82. The fraction of sp³-hybridized carbons (Fsp3) is 0.136. The highest BCUT2D eigenvalue weighted by atomic mass is 79.9.